The van der Waals surface area contributed by atoms with E-state index in [4.69, 9.17) is 15.2 Å². The van der Waals surface area contributed by atoms with Gasteiger partial charge in [0.05, 0.1) is 31.1 Å². The lowest BCUT2D eigenvalue weighted by molar-refractivity contribution is 0.0426. The van der Waals surface area contributed by atoms with Crippen molar-refractivity contribution in [3.05, 3.63) is 11.4 Å². The molecule has 2 unspecified atom stereocenters. The fourth-order valence-electron chi connectivity index (χ4n) is 2.25. The van der Waals surface area contributed by atoms with Crippen molar-refractivity contribution in [2.75, 3.05) is 6.61 Å². The third-order valence-electron chi connectivity index (χ3n) is 3.20. The van der Waals surface area contributed by atoms with Crippen molar-refractivity contribution >= 4 is 5.97 Å². The van der Waals surface area contributed by atoms with Gasteiger partial charge in [-0.25, -0.2) is 9.48 Å². The Morgan fingerprint density at radius 3 is 2.95 bits per heavy atom. The van der Waals surface area contributed by atoms with Crippen molar-refractivity contribution in [3.8, 4) is 0 Å². The molecule has 1 aromatic rings. The summed E-state index contributed by atoms with van der Waals surface area (Å²) in [5.74, 6) is -0.477. The van der Waals surface area contributed by atoms with E-state index in [0.717, 1.165) is 12.8 Å². The summed E-state index contributed by atoms with van der Waals surface area (Å²) in [6.07, 6.45) is 2.42. The van der Waals surface area contributed by atoms with E-state index < -0.39 is 5.97 Å². The summed E-state index contributed by atoms with van der Waals surface area (Å²) in [7, 11) is 0. The summed E-state index contributed by atoms with van der Waals surface area (Å²) in [5.41, 5.74) is 6.48. The smallest absolute Gasteiger partial charge is 0.360 e. The number of aromatic nitrogens is 3. The summed E-state index contributed by atoms with van der Waals surface area (Å²) in [6, 6.07) is 0. The van der Waals surface area contributed by atoms with Gasteiger partial charge in [-0.05, 0) is 26.7 Å². The Balaban J connectivity index is 2.10. The molecule has 1 aliphatic heterocycles. The van der Waals surface area contributed by atoms with Crippen LogP contribution < -0.4 is 5.73 Å². The fraction of sp³-hybridized carbons (Fsp3) is 0.750. The molecule has 1 fully saturated rings. The highest BCUT2D eigenvalue weighted by Crippen LogP contribution is 2.21. The third-order valence-corrected chi connectivity index (χ3v) is 3.20. The molecule has 19 heavy (non-hydrogen) atoms. The molecule has 0 spiro atoms. The van der Waals surface area contributed by atoms with Gasteiger partial charge in [0.25, 0.3) is 0 Å². The van der Waals surface area contributed by atoms with E-state index in [1.165, 1.54) is 0 Å². The molecule has 2 heterocycles. The van der Waals surface area contributed by atoms with Crippen LogP contribution in [0.3, 0.4) is 0 Å². The van der Waals surface area contributed by atoms with Crippen LogP contribution in [-0.4, -0.2) is 39.8 Å². The molecule has 2 N–H and O–H groups in total. The Labute approximate surface area is 112 Å². The Morgan fingerprint density at radius 2 is 2.37 bits per heavy atom. The van der Waals surface area contributed by atoms with Gasteiger partial charge in [0.2, 0.25) is 0 Å². The van der Waals surface area contributed by atoms with Gasteiger partial charge in [0, 0.05) is 6.54 Å². The average molecular weight is 268 g/mol. The highest BCUT2D eigenvalue weighted by Gasteiger charge is 2.25. The molecular formula is C12H20N4O3. The summed E-state index contributed by atoms with van der Waals surface area (Å²) >= 11 is 0. The molecule has 1 aliphatic rings. The van der Waals surface area contributed by atoms with Crippen LogP contribution in [0.4, 0.5) is 0 Å². The van der Waals surface area contributed by atoms with Crippen molar-refractivity contribution in [3.63, 3.8) is 0 Å². The second-order valence-electron chi connectivity index (χ2n) is 4.64. The van der Waals surface area contributed by atoms with Gasteiger partial charge in [-0.2, -0.15) is 0 Å². The van der Waals surface area contributed by atoms with E-state index in [2.05, 4.69) is 17.2 Å². The van der Waals surface area contributed by atoms with Crippen LogP contribution >= 0.6 is 0 Å². The van der Waals surface area contributed by atoms with Crippen molar-refractivity contribution in [1.29, 1.82) is 0 Å². The lowest BCUT2D eigenvalue weighted by atomic mass is 10.2. The summed E-state index contributed by atoms with van der Waals surface area (Å²) in [4.78, 5) is 11.7. The number of esters is 1. The van der Waals surface area contributed by atoms with Gasteiger partial charge in [0.15, 0.2) is 5.69 Å². The van der Waals surface area contributed by atoms with Crippen LogP contribution in [0.5, 0.6) is 0 Å². The van der Waals surface area contributed by atoms with E-state index in [1.54, 1.807) is 11.6 Å². The van der Waals surface area contributed by atoms with Gasteiger partial charge in [0.1, 0.15) is 0 Å². The zero-order valence-electron chi connectivity index (χ0n) is 11.3. The molecule has 0 aromatic carbocycles. The second kappa shape index (κ2) is 6.12. The number of hydrogen-bond donors (Lipinski definition) is 1. The molecule has 0 saturated carbocycles. The number of carbonyl (C=O) groups is 1. The molecule has 2 rings (SSSR count). The van der Waals surface area contributed by atoms with Crippen molar-refractivity contribution in [1.82, 2.24) is 15.0 Å². The molecule has 2 atom stereocenters. The molecule has 7 heteroatoms. The molecule has 106 valence electrons. The SMILES string of the molecule is CCOC(=O)c1nnn(CC2CCC(C)O2)c1CN. The largest absolute Gasteiger partial charge is 0.461 e. The highest BCUT2D eigenvalue weighted by atomic mass is 16.5. The first-order valence-corrected chi connectivity index (χ1v) is 6.60. The van der Waals surface area contributed by atoms with E-state index in [1.807, 2.05) is 0 Å². The zero-order valence-corrected chi connectivity index (χ0v) is 11.3. The lowest BCUT2D eigenvalue weighted by Gasteiger charge is -2.12. The molecule has 0 bridgehead atoms. The number of carbonyl (C=O) groups excluding carboxylic acids is 1. The molecule has 7 nitrogen and oxygen atoms in total. The van der Waals surface area contributed by atoms with Gasteiger partial charge >= 0.3 is 5.97 Å². The number of rotatable bonds is 5. The highest BCUT2D eigenvalue weighted by molar-refractivity contribution is 5.88. The van der Waals surface area contributed by atoms with Crippen LogP contribution in [0, 0.1) is 0 Å². The first-order valence-electron chi connectivity index (χ1n) is 6.60. The van der Waals surface area contributed by atoms with Crippen molar-refractivity contribution in [2.45, 2.75) is 52.0 Å². The first-order chi connectivity index (χ1) is 9.15. The van der Waals surface area contributed by atoms with Crippen LogP contribution in [0.15, 0.2) is 0 Å². The minimum Gasteiger partial charge on any atom is -0.461 e. The molecular weight excluding hydrogens is 248 g/mol. The standard InChI is InChI=1S/C12H20N4O3/c1-3-18-12(17)11-10(6-13)16(15-14-11)7-9-5-4-8(2)19-9/h8-9H,3-7,13H2,1-2H3. The summed E-state index contributed by atoms with van der Waals surface area (Å²) in [6.45, 7) is 4.87. The van der Waals surface area contributed by atoms with Crippen molar-refractivity contribution < 1.29 is 14.3 Å². The third kappa shape index (κ3) is 3.10. The Morgan fingerprint density at radius 1 is 1.58 bits per heavy atom. The Hall–Kier alpha value is -1.47. The predicted octanol–water partition coefficient (Wildman–Crippen LogP) is 0.481. The monoisotopic (exact) mass is 268 g/mol. The second-order valence-corrected chi connectivity index (χ2v) is 4.64. The maximum atomic E-state index is 11.7. The number of nitrogens with zero attached hydrogens (tertiary/aromatic N) is 3. The number of hydrogen-bond acceptors (Lipinski definition) is 6. The summed E-state index contributed by atoms with van der Waals surface area (Å²) in [5, 5.41) is 7.85. The number of nitrogens with two attached hydrogens (primary N) is 1. The fourth-order valence-corrected chi connectivity index (χ4v) is 2.25. The average Bonchev–Trinajstić information content (AvgIpc) is 2.96. The number of ether oxygens (including phenoxy) is 2. The van der Waals surface area contributed by atoms with E-state index >= 15 is 0 Å². The zero-order chi connectivity index (χ0) is 13.8. The van der Waals surface area contributed by atoms with E-state index in [-0.39, 0.29) is 24.4 Å². The molecule has 1 saturated heterocycles. The molecule has 0 amide bonds. The van der Waals surface area contributed by atoms with Gasteiger partial charge in [-0.1, -0.05) is 5.21 Å². The summed E-state index contributed by atoms with van der Waals surface area (Å²) < 4.78 is 12.3. The molecule has 0 radical (unpaired) electrons. The lowest BCUT2D eigenvalue weighted by Crippen LogP contribution is -2.21. The normalized spacial score (nSPS) is 22.7. The van der Waals surface area contributed by atoms with E-state index in [0.29, 0.717) is 18.8 Å². The van der Waals surface area contributed by atoms with Gasteiger partial charge < -0.3 is 15.2 Å². The topological polar surface area (TPSA) is 92.3 Å². The maximum Gasteiger partial charge on any atom is 0.360 e. The Kier molecular flexibility index (Phi) is 4.49. The Bertz CT molecular complexity index is 446. The predicted molar refractivity (Wildman–Crippen MR) is 67.4 cm³/mol. The van der Waals surface area contributed by atoms with Gasteiger partial charge in [-0.3, -0.25) is 0 Å². The molecule has 0 aliphatic carbocycles. The van der Waals surface area contributed by atoms with Crippen LogP contribution in [0.1, 0.15) is 42.9 Å². The maximum absolute atomic E-state index is 11.7. The van der Waals surface area contributed by atoms with Crippen LogP contribution in [0.2, 0.25) is 0 Å². The minimum absolute atomic E-state index is 0.108. The van der Waals surface area contributed by atoms with Crippen LogP contribution in [-0.2, 0) is 22.6 Å². The minimum atomic E-state index is -0.477. The van der Waals surface area contributed by atoms with Crippen molar-refractivity contribution in [2.24, 2.45) is 5.73 Å². The first kappa shape index (κ1) is 14.0. The van der Waals surface area contributed by atoms with Crippen LogP contribution in [0.25, 0.3) is 0 Å². The van der Waals surface area contributed by atoms with Gasteiger partial charge in [-0.15, -0.1) is 5.10 Å². The quantitative estimate of drug-likeness (QED) is 0.781. The van der Waals surface area contributed by atoms with E-state index in [9.17, 15) is 4.79 Å². The molecule has 1 aromatic heterocycles.